The molecule has 0 saturated carbocycles. The van der Waals surface area contributed by atoms with Crippen LogP contribution in [0.2, 0.25) is 0 Å². The first kappa shape index (κ1) is 9.58. The number of nitrogens with two attached hydrogens (primary N) is 1. The maximum Gasteiger partial charge on any atom is 0.248 e. The molecular formula is C11H11N3O. The fourth-order valence-electron chi connectivity index (χ4n) is 1.38. The molecule has 0 saturated heterocycles. The third-order valence-electron chi connectivity index (χ3n) is 2.36. The highest BCUT2D eigenvalue weighted by atomic mass is 16.1. The topological polar surface area (TPSA) is 68.9 Å². The number of carbonyl (C=O) groups is 1. The summed E-state index contributed by atoms with van der Waals surface area (Å²) in [4.78, 5) is 19.7. The predicted molar refractivity (Wildman–Crippen MR) is 57.5 cm³/mol. The Kier molecular flexibility index (Phi) is 2.11. The minimum Gasteiger partial charge on any atom is -0.366 e. The largest absolute Gasteiger partial charge is 0.366 e. The monoisotopic (exact) mass is 201 g/mol. The van der Waals surface area contributed by atoms with Gasteiger partial charge in [0.05, 0.1) is 22.4 Å². The van der Waals surface area contributed by atoms with Crippen LogP contribution in [-0.2, 0) is 0 Å². The Morgan fingerprint density at radius 3 is 2.33 bits per heavy atom. The highest BCUT2D eigenvalue weighted by molar-refractivity contribution is 5.96. The minimum atomic E-state index is -0.447. The molecular weight excluding hydrogens is 190 g/mol. The van der Waals surface area contributed by atoms with Crippen LogP contribution in [0.1, 0.15) is 21.7 Å². The van der Waals surface area contributed by atoms with Gasteiger partial charge in [-0.3, -0.25) is 4.79 Å². The summed E-state index contributed by atoms with van der Waals surface area (Å²) in [5.74, 6) is -0.447. The van der Waals surface area contributed by atoms with Gasteiger partial charge in [-0.05, 0) is 32.0 Å². The molecule has 76 valence electrons. The van der Waals surface area contributed by atoms with Gasteiger partial charge in [0.25, 0.3) is 0 Å². The van der Waals surface area contributed by atoms with Gasteiger partial charge >= 0.3 is 0 Å². The van der Waals surface area contributed by atoms with E-state index in [2.05, 4.69) is 9.97 Å². The van der Waals surface area contributed by atoms with Crippen LogP contribution in [0.3, 0.4) is 0 Å². The summed E-state index contributed by atoms with van der Waals surface area (Å²) in [5, 5.41) is 0. The lowest BCUT2D eigenvalue weighted by Crippen LogP contribution is -2.10. The normalized spacial score (nSPS) is 10.5. The molecule has 4 heteroatoms. The Morgan fingerprint density at radius 1 is 1.13 bits per heavy atom. The van der Waals surface area contributed by atoms with Crippen LogP contribution in [0.15, 0.2) is 18.2 Å². The molecule has 2 N–H and O–H groups in total. The van der Waals surface area contributed by atoms with E-state index in [-0.39, 0.29) is 0 Å². The summed E-state index contributed by atoms with van der Waals surface area (Å²) in [6, 6.07) is 5.08. The van der Waals surface area contributed by atoms with Gasteiger partial charge in [-0.2, -0.15) is 0 Å². The van der Waals surface area contributed by atoms with Crippen LogP contribution in [0.25, 0.3) is 11.0 Å². The smallest absolute Gasteiger partial charge is 0.248 e. The molecule has 0 spiro atoms. The predicted octanol–water partition coefficient (Wildman–Crippen LogP) is 1.35. The van der Waals surface area contributed by atoms with Crippen molar-refractivity contribution in [2.45, 2.75) is 13.8 Å². The van der Waals surface area contributed by atoms with Crippen molar-refractivity contribution in [1.29, 1.82) is 0 Å². The maximum absolute atomic E-state index is 11.0. The summed E-state index contributed by atoms with van der Waals surface area (Å²) in [6.45, 7) is 3.79. The maximum atomic E-state index is 11.0. The number of aryl methyl sites for hydroxylation is 2. The Morgan fingerprint density at radius 2 is 1.73 bits per heavy atom. The molecule has 4 nitrogen and oxygen atoms in total. The standard InChI is InChI=1S/C11H11N3O/c1-6-7(2)14-10-5-8(11(12)15)3-4-9(10)13-6/h3-5H,1-2H3,(H2,12,15). The van der Waals surface area contributed by atoms with E-state index in [1.165, 1.54) is 0 Å². The van der Waals surface area contributed by atoms with Gasteiger partial charge in [0.15, 0.2) is 0 Å². The highest BCUT2D eigenvalue weighted by Crippen LogP contribution is 2.13. The number of primary amides is 1. The molecule has 0 bridgehead atoms. The highest BCUT2D eigenvalue weighted by Gasteiger charge is 2.05. The van der Waals surface area contributed by atoms with Gasteiger partial charge in [0, 0.05) is 5.56 Å². The number of fused-ring (bicyclic) bond motifs is 1. The average molecular weight is 201 g/mol. The fraction of sp³-hybridized carbons (Fsp3) is 0.182. The summed E-state index contributed by atoms with van der Waals surface area (Å²) in [6.07, 6.45) is 0. The van der Waals surface area contributed by atoms with E-state index in [0.29, 0.717) is 11.1 Å². The van der Waals surface area contributed by atoms with Gasteiger partial charge in [-0.25, -0.2) is 9.97 Å². The fourth-order valence-corrected chi connectivity index (χ4v) is 1.38. The number of amides is 1. The molecule has 1 aromatic carbocycles. The van der Waals surface area contributed by atoms with Crippen LogP contribution < -0.4 is 5.73 Å². The van der Waals surface area contributed by atoms with Crippen LogP contribution in [-0.4, -0.2) is 15.9 Å². The number of benzene rings is 1. The molecule has 0 unspecified atom stereocenters. The number of hydrogen-bond donors (Lipinski definition) is 1. The molecule has 2 aromatic rings. The zero-order chi connectivity index (χ0) is 11.0. The minimum absolute atomic E-state index is 0.447. The van der Waals surface area contributed by atoms with Gasteiger partial charge in [0.2, 0.25) is 5.91 Å². The first-order valence-electron chi connectivity index (χ1n) is 4.63. The Hall–Kier alpha value is -1.97. The lowest BCUT2D eigenvalue weighted by molar-refractivity contribution is 0.100. The summed E-state index contributed by atoms with van der Waals surface area (Å²) in [7, 11) is 0. The van der Waals surface area contributed by atoms with Gasteiger partial charge in [-0.1, -0.05) is 0 Å². The average Bonchev–Trinajstić information content (AvgIpc) is 2.19. The molecule has 15 heavy (non-hydrogen) atoms. The van der Waals surface area contributed by atoms with Crippen molar-refractivity contribution in [1.82, 2.24) is 9.97 Å². The molecule has 0 aliphatic rings. The van der Waals surface area contributed by atoms with Crippen molar-refractivity contribution in [3.63, 3.8) is 0 Å². The van der Waals surface area contributed by atoms with E-state index in [4.69, 9.17) is 5.73 Å². The number of carbonyl (C=O) groups excluding carboxylic acids is 1. The Balaban J connectivity index is 2.72. The second-order valence-electron chi connectivity index (χ2n) is 3.46. The van der Waals surface area contributed by atoms with Crippen molar-refractivity contribution in [3.05, 3.63) is 35.2 Å². The van der Waals surface area contributed by atoms with Crippen molar-refractivity contribution in [2.75, 3.05) is 0 Å². The summed E-state index contributed by atoms with van der Waals surface area (Å²) < 4.78 is 0. The van der Waals surface area contributed by atoms with Crippen molar-refractivity contribution in [3.8, 4) is 0 Å². The molecule has 0 aliphatic heterocycles. The van der Waals surface area contributed by atoms with E-state index >= 15 is 0 Å². The Labute approximate surface area is 87.1 Å². The molecule has 0 atom stereocenters. The van der Waals surface area contributed by atoms with Crippen LogP contribution in [0.4, 0.5) is 0 Å². The third-order valence-corrected chi connectivity index (χ3v) is 2.36. The van der Waals surface area contributed by atoms with Crippen LogP contribution in [0, 0.1) is 13.8 Å². The molecule has 2 rings (SSSR count). The Bertz CT molecular complexity index is 549. The van der Waals surface area contributed by atoms with E-state index in [0.717, 1.165) is 16.9 Å². The molecule has 0 fully saturated rings. The molecule has 1 heterocycles. The zero-order valence-electron chi connectivity index (χ0n) is 8.61. The van der Waals surface area contributed by atoms with Crippen molar-refractivity contribution >= 4 is 16.9 Å². The van der Waals surface area contributed by atoms with Gasteiger partial charge in [0.1, 0.15) is 0 Å². The van der Waals surface area contributed by atoms with E-state index in [9.17, 15) is 4.79 Å². The third kappa shape index (κ3) is 1.66. The number of aromatic nitrogens is 2. The van der Waals surface area contributed by atoms with E-state index in [1.807, 2.05) is 13.8 Å². The van der Waals surface area contributed by atoms with Crippen molar-refractivity contribution in [2.24, 2.45) is 5.73 Å². The van der Waals surface area contributed by atoms with Gasteiger partial charge < -0.3 is 5.73 Å². The van der Waals surface area contributed by atoms with Crippen LogP contribution >= 0.6 is 0 Å². The molecule has 0 radical (unpaired) electrons. The van der Waals surface area contributed by atoms with Crippen LogP contribution in [0.5, 0.6) is 0 Å². The molecule has 1 amide bonds. The summed E-state index contributed by atoms with van der Waals surface area (Å²) in [5.41, 5.74) is 8.89. The number of nitrogens with zero attached hydrogens (tertiary/aromatic N) is 2. The van der Waals surface area contributed by atoms with Crippen molar-refractivity contribution < 1.29 is 4.79 Å². The second kappa shape index (κ2) is 3.31. The molecule has 0 aliphatic carbocycles. The number of hydrogen-bond acceptors (Lipinski definition) is 3. The first-order chi connectivity index (χ1) is 7.08. The first-order valence-corrected chi connectivity index (χ1v) is 4.63. The van der Waals surface area contributed by atoms with E-state index < -0.39 is 5.91 Å². The lowest BCUT2D eigenvalue weighted by Gasteiger charge is -2.03. The SMILES string of the molecule is Cc1nc2ccc(C(N)=O)cc2nc1C. The van der Waals surface area contributed by atoms with E-state index in [1.54, 1.807) is 18.2 Å². The molecule has 1 aromatic heterocycles. The second-order valence-corrected chi connectivity index (χ2v) is 3.46. The quantitative estimate of drug-likeness (QED) is 0.757. The summed E-state index contributed by atoms with van der Waals surface area (Å²) >= 11 is 0. The number of rotatable bonds is 1. The zero-order valence-corrected chi connectivity index (χ0v) is 8.61. The van der Waals surface area contributed by atoms with Gasteiger partial charge in [-0.15, -0.1) is 0 Å². The lowest BCUT2D eigenvalue weighted by atomic mass is 10.2.